The van der Waals surface area contributed by atoms with Gasteiger partial charge < -0.3 is 9.47 Å². The summed E-state index contributed by atoms with van der Waals surface area (Å²) in [5, 5.41) is 0. The first-order valence-corrected chi connectivity index (χ1v) is 9.87. The van der Waals surface area contributed by atoms with Gasteiger partial charge in [0.25, 0.3) is 0 Å². The first kappa shape index (κ1) is 17.9. The van der Waals surface area contributed by atoms with Gasteiger partial charge in [-0.1, -0.05) is 12.1 Å². The molecule has 3 aromatic carbocycles. The maximum Gasteiger partial charge on any atom is 0.127 e. The molecule has 0 unspecified atom stereocenters. The summed E-state index contributed by atoms with van der Waals surface area (Å²) >= 11 is 0. The largest absolute Gasteiger partial charge is 0.457 e. The lowest BCUT2D eigenvalue weighted by atomic mass is 9.99. The van der Waals surface area contributed by atoms with Gasteiger partial charge in [-0.2, -0.15) is 0 Å². The van der Waals surface area contributed by atoms with Crippen LogP contribution < -0.4 is 4.74 Å². The summed E-state index contributed by atoms with van der Waals surface area (Å²) in [6.07, 6.45) is 1.96. The van der Waals surface area contributed by atoms with Gasteiger partial charge in [0.2, 0.25) is 0 Å². The van der Waals surface area contributed by atoms with Crippen molar-refractivity contribution in [1.29, 1.82) is 0 Å². The molecule has 0 spiro atoms. The lowest BCUT2D eigenvalue weighted by Gasteiger charge is -2.22. The van der Waals surface area contributed by atoms with Crippen molar-refractivity contribution in [3.05, 3.63) is 84.4 Å². The van der Waals surface area contributed by atoms with Gasteiger partial charge in [0, 0.05) is 24.8 Å². The molecule has 0 bridgehead atoms. The Labute approximate surface area is 168 Å². The van der Waals surface area contributed by atoms with Gasteiger partial charge in [-0.25, -0.2) is 9.37 Å². The van der Waals surface area contributed by atoms with Crippen LogP contribution in [0, 0.1) is 5.82 Å². The number of ether oxygens (including phenoxy) is 2. The van der Waals surface area contributed by atoms with E-state index in [4.69, 9.17) is 14.5 Å². The first-order valence-electron chi connectivity index (χ1n) is 9.87. The molecule has 1 aromatic heterocycles. The SMILES string of the molecule is Fc1ccc(Oc2ccc(-n3c(C4CCOCC4)nc4ccccc43)cc2)cc1. The number of benzene rings is 3. The monoisotopic (exact) mass is 388 g/mol. The Morgan fingerprint density at radius 3 is 2.24 bits per heavy atom. The van der Waals surface area contributed by atoms with E-state index in [9.17, 15) is 4.39 Å². The lowest BCUT2D eigenvalue weighted by Crippen LogP contribution is -2.17. The predicted octanol–water partition coefficient (Wildman–Crippen LogP) is 5.85. The minimum Gasteiger partial charge on any atom is -0.457 e. The van der Waals surface area contributed by atoms with Gasteiger partial charge >= 0.3 is 0 Å². The van der Waals surface area contributed by atoms with Crippen molar-refractivity contribution in [2.75, 3.05) is 13.2 Å². The number of fused-ring (bicyclic) bond motifs is 1. The second-order valence-corrected chi connectivity index (χ2v) is 7.23. The van der Waals surface area contributed by atoms with E-state index in [2.05, 4.69) is 16.7 Å². The Morgan fingerprint density at radius 1 is 0.862 bits per heavy atom. The van der Waals surface area contributed by atoms with Crippen molar-refractivity contribution >= 4 is 11.0 Å². The molecular weight excluding hydrogens is 367 g/mol. The van der Waals surface area contributed by atoms with Crippen molar-refractivity contribution in [2.24, 2.45) is 0 Å². The highest BCUT2D eigenvalue weighted by atomic mass is 19.1. The second kappa shape index (κ2) is 7.68. The summed E-state index contributed by atoms with van der Waals surface area (Å²) in [6.45, 7) is 1.55. The van der Waals surface area contributed by atoms with Gasteiger partial charge in [-0.15, -0.1) is 0 Å². The molecule has 2 heterocycles. The molecular formula is C24H21FN2O2. The normalized spacial score (nSPS) is 14.9. The maximum absolute atomic E-state index is 13.1. The molecule has 1 aliphatic heterocycles. The van der Waals surface area contributed by atoms with E-state index in [1.165, 1.54) is 12.1 Å². The smallest absolute Gasteiger partial charge is 0.127 e. The minimum atomic E-state index is -0.277. The molecule has 0 N–H and O–H groups in total. The van der Waals surface area contributed by atoms with Crippen LogP contribution in [0.2, 0.25) is 0 Å². The zero-order valence-electron chi connectivity index (χ0n) is 15.9. The highest BCUT2D eigenvalue weighted by Crippen LogP contribution is 2.32. The Kier molecular flexibility index (Phi) is 4.74. The fraction of sp³-hybridized carbons (Fsp3) is 0.208. The summed E-state index contributed by atoms with van der Waals surface area (Å²) < 4.78 is 26.7. The Hall–Kier alpha value is -3.18. The highest BCUT2D eigenvalue weighted by Gasteiger charge is 2.23. The Morgan fingerprint density at radius 2 is 1.52 bits per heavy atom. The van der Waals surface area contributed by atoms with Crippen LogP contribution in [0.25, 0.3) is 16.7 Å². The average Bonchev–Trinajstić information content (AvgIpc) is 3.16. The van der Waals surface area contributed by atoms with Gasteiger partial charge in [0.15, 0.2) is 0 Å². The van der Waals surface area contributed by atoms with Crippen LogP contribution in [0.15, 0.2) is 72.8 Å². The van der Waals surface area contributed by atoms with Gasteiger partial charge in [0.05, 0.1) is 11.0 Å². The molecule has 5 heteroatoms. The molecule has 1 aliphatic rings. The zero-order chi connectivity index (χ0) is 19.6. The first-order chi connectivity index (χ1) is 14.3. The molecule has 0 saturated carbocycles. The van der Waals surface area contributed by atoms with E-state index in [0.29, 0.717) is 17.4 Å². The van der Waals surface area contributed by atoms with Crippen molar-refractivity contribution in [1.82, 2.24) is 9.55 Å². The number of halogens is 1. The third-order valence-electron chi connectivity index (χ3n) is 5.32. The minimum absolute atomic E-state index is 0.277. The van der Waals surface area contributed by atoms with Gasteiger partial charge in [0.1, 0.15) is 23.1 Å². The summed E-state index contributed by atoms with van der Waals surface area (Å²) in [5.41, 5.74) is 3.15. The van der Waals surface area contributed by atoms with E-state index in [1.54, 1.807) is 12.1 Å². The second-order valence-electron chi connectivity index (χ2n) is 7.23. The topological polar surface area (TPSA) is 36.3 Å². The van der Waals surface area contributed by atoms with E-state index >= 15 is 0 Å². The fourth-order valence-corrected chi connectivity index (χ4v) is 3.85. The lowest BCUT2D eigenvalue weighted by molar-refractivity contribution is 0.0834. The number of para-hydroxylation sites is 2. The molecule has 146 valence electrons. The van der Waals surface area contributed by atoms with Crippen molar-refractivity contribution in [2.45, 2.75) is 18.8 Å². The average molecular weight is 388 g/mol. The van der Waals surface area contributed by atoms with Crippen LogP contribution in [-0.2, 0) is 4.74 Å². The Balaban J connectivity index is 1.50. The molecule has 0 aliphatic carbocycles. The number of aromatic nitrogens is 2. The van der Waals surface area contributed by atoms with Crippen LogP contribution in [0.4, 0.5) is 4.39 Å². The van der Waals surface area contributed by atoms with Crippen molar-refractivity contribution in [3.63, 3.8) is 0 Å². The van der Waals surface area contributed by atoms with Gasteiger partial charge in [-0.05, 0) is 73.5 Å². The van der Waals surface area contributed by atoms with E-state index in [1.807, 2.05) is 36.4 Å². The molecule has 0 atom stereocenters. The summed E-state index contributed by atoms with van der Waals surface area (Å²) in [7, 11) is 0. The molecule has 4 nitrogen and oxygen atoms in total. The van der Waals surface area contributed by atoms with Crippen LogP contribution in [-0.4, -0.2) is 22.8 Å². The molecule has 1 fully saturated rings. The quantitative estimate of drug-likeness (QED) is 0.440. The van der Waals surface area contributed by atoms with Crippen molar-refractivity contribution < 1.29 is 13.9 Å². The molecule has 0 amide bonds. The Bertz CT molecular complexity index is 1110. The molecule has 1 saturated heterocycles. The summed E-state index contributed by atoms with van der Waals surface area (Å²) in [6, 6.07) is 22.2. The predicted molar refractivity (Wildman–Crippen MR) is 110 cm³/mol. The molecule has 4 aromatic rings. The number of rotatable bonds is 4. The van der Waals surface area contributed by atoms with Crippen LogP contribution in [0.3, 0.4) is 0 Å². The summed E-state index contributed by atoms with van der Waals surface area (Å²) in [5.74, 6) is 2.50. The highest BCUT2D eigenvalue weighted by molar-refractivity contribution is 5.78. The molecule has 5 rings (SSSR count). The standard InChI is InChI=1S/C24H21FN2O2/c25-18-5-9-20(10-6-18)29-21-11-7-19(8-12-21)27-23-4-2-1-3-22(23)26-24(27)17-13-15-28-16-14-17/h1-12,17H,13-16H2. The van der Waals surface area contributed by atoms with Crippen LogP contribution in [0.1, 0.15) is 24.6 Å². The third kappa shape index (κ3) is 3.61. The summed E-state index contributed by atoms with van der Waals surface area (Å²) in [4.78, 5) is 4.95. The maximum atomic E-state index is 13.1. The molecule has 0 radical (unpaired) electrons. The van der Waals surface area contributed by atoms with E-state index in [-0.39, 0.29) is 5.82 Å². The molecule has 29 heavy (non-hydrogen) atoms. The zero-order valence-corrected chi connectivity index (χ0v) is 15.9. The van der Waals surface area contributed by atoms with E-state index < -0.39 is 0 Å². The fourth-order valence-electron chi connectivity index (χ4n) is 3.85. The number of hydrogen-bond donors (Lipinski definition) is 0. The van der Waals surface area contributed by atoms with Crippen molar-refractivity contribution in [3.8, 4) is 17.2 Å². The number of nitrogens with zero attached hydrogens (tertiary/aromatic N) is 2. The third-order valence-corrected chi connectivity index (χ3v) is 5.32. The number of hydrogen-bond acceptors (Lipinski definition) is 3. The van der Waals surface area contributed by atoms with E-state index in [0.717, 1.165) is 48.6 Å². The van der Waals surface area contributed by atoms with Crippen LogP contribution >= 0.6 is 0 Å². The van der Waals surface area contributed by atoms with Gasteiger partial charge in [-0.3, -0.25) is 4.57 Å². The number of imidazole rings is 1. The van der Waals surface area contributed by atoms with Crippen LogP contribution in [0.5, 0.6) is 11.5 Å².